The number of nitrogens with zero attached hydrogens (tertiary/aromatic N) is 3. The fourth-order valence-electron chi connectivity index (χ4n) is 1.15. The zero-order valence-electron chi connectivity index (χ0n) is 26.3. The molecule has 0 N–H and O–H groups in total. The predicted octanol–water partition coefficient (Wildman–Crippen LogP) is 5.87. The molecule has 6 heteroatoms. The van der Waals surface area contributed by atoms with Gasteiger partial charge in [0.1, 0.15) is 5.75 Å². The first-order valence-electron chi connectivity index (χ1n) is 12.1. The fourth-order valence-corrected chi connectivity index (χ4v) is 1.15. The van der Waals surface area contributed by atoms with Crippen molar-refractivity contribution in [3.63, 3.8) is 0 Å². The Morgan fingerprint density at radius 1 is 0.588 bits per heavy atom. The van der Waals surface area contributed by atoms with Crippen LogP contribution in [-0.4, -0.2) is 110 Å². The van der Waals surface area contributed by atoms with E-state index in [1.165, 1.54) is 0 Å². The Kier molecular flexibility index (Phi) is 40.2. The average Bonchev–Trinajstić information content (AvgIpc) is 2.75. The molecule has 0 amide bonds. The lowest BCUT2D eigenvalue weighted by Crippen LogP contribution is -2.32. The quantitative estimate of drug-likeness (QED) is 0.515. The summed E-state index contributed by atoms with van der Waals surface area (Å²) in [4.78, 5) is 6.50. The van der Waals surface area contributed by atoms with Crippen molar-refractivity contribution in [3.8, 4) is 5.75 Å². The summed E-state index contributed by atoms with van der Waals surface area (Å²) in [6.45, 7) is 17.2. The number of para-hydroxylation sites is 1. The molecule has 1 aromatic carbocycles. The summed E-state index contributed by atoms with van der Waals surface area (Å²) in [5, 5.41) is 0. The smallest absolute Gasteiger partial charge is 0.118 e. The van der Waals surface area contributed by atoms with E-state index in [1.54, 1.807) is 28.4 Å². The molecule has 6 nitrogen and oxygen atoms in total. The van der Waals surface area contributed by atoms with Gasteiger partial charge in [0.25, 0.3) is 0 Å². The van der Waals surface area contributed by atoms with Crippen LogP contribution in [0, 0.1) is 0 Å². The molecular formula is C28H63N3O3. The highest BCUT2D eigenvalue weighted by Crippen LogP contribution is 2.05. The van der Waals surface area contributed by atoms with Crippen molar-refractivity contribution < 1.29 is 14.2 Å². The lowest BCUT2D eigenvalue weighted by molar-refractivity contribution is 0.134. The van der Waals surface area contributed by atoms with E-state index in [2.05, 4.69) is 77.2 Å². The molecule has 208 valence electrons. The van der Waals surface area contributed by atoms with Crippen LogP contribution in [0.4, 0.5) is 0 Å². The van der Waals surface area contributed by atoms with Gasteiger partial charge < -0.3 is 28.9 Å². The molecule has 0 bridgehead atoms. The van der Waals surface area contributed by atoms with Crippen LogP contribution in [0.2, 0.25) is 0 Å². The van der Waals surface area contributed by atoms with E-state index < -0.39 is 0 Å². The van der Waals surface area contributed by atoms with E-state index in [-0.39, 0.29) is 0 Å². The lowest BCUT2D eigenvalue weighted by Gasteiger charge is -2.24. The molecule has 0 fully saturated rings. The van der Waals surface area contributed by atoms with Crippen molar-refractivity contribution in [3.05, 3.63) is 30.3 Å². The van der Waals surface area contributed by atoms with Crippen molar-refractivity contribution in [2.45, 2.75) is 79.6 Å². The van der Waals surface area contributed by atoms with E-state index in [0.717, 1.165) is 5.75 Å². The van der Waals surface area contributed by atoms with Crippen LogP contribution < -0.4 is 4.74 Å². The second-order valence-electron chi connectivity index (χ2n) is 9.46. The summed E-state index contributed by atoms with van der Waals surface area (Å²) >= 11 is 0. The van der Waals surface area contributed by atoms with Gasteiger partial charge in [0.2, 0.25) is 0 Å². The average molecular weight is 490 g/mol. The Morgan fingerprint density at radius 2 is 0.853 bits per heavy atom. The Bertz CT molecular complexity index is 435. The summed E-state index contributed by atoms with van der Waals surface area (Å²) < 4.78 is 13.9. The molecule has 0 heterocycles. The number of ether oxygens (including phenoxy) is 3. The molecule has 0 saturated heterocycles. The van der Waals surface area contributed by atoms with Crippen molar-refractivity contribution in [2.75, 3.05) is 70.7 Å². The summed E-state index contributed by atoms with van der Waals surface area (Å²) in [5.74, 6) is 0.910. The predicted molar refractivity (Wildman–Crippen MR) is 155 cm³/mol. The van der Waals surface area contributed by atoms with Crippen LogP contribution in [0.25, 0.3) is 0 Å². The van der Waals surface area contributed by atoms with Gasteiger partial charge in [-0.2, -0.15) is 0 Å². The molecule has 1 aromatic rings. The fraction of sp³-hybridized carbons (Fsp3) is 0.786. The first-order valence-corrected chi connectivity index (χ1v) is 12.1. The summed E-state index contributed by atoms with van der Waals surface area (Å²) in [5.41, 5.74) is 0. The monoisotopic (exact) mass is 489 g/mol. The molecule has 0 radical (unpaired) electrons. The lowest BCUT2D eigenvalue weighted by atomic mass is 10.3. The van der Waals surface area contributed by atoms with E-state index in [1.807, 2.05) is 70.2 Å². The second-order valence-corrected chi connectivity index (χ2v) is 9.46. The minimum Gasteiger partial charge on any atom is -0.497 e. The molecule has 0 atom stereocenters. The zero-order chi connectivity index (χ0) is 28.3. The van der Waals surface area contributed by atoms with Crippen molar-refractivity contribution in [1.29, 1.82) is 0 Å². The molecule has 0 saturated carbocycles. The minimum absolute atomic E-state index is 0.384. The highest BCUT2D eigenvalue weighted by molar-refractivity contribution is 5.20. The Morgan fingerprint density at radius 3 is 0.941 bits per heavy atom. The largest absolute Gasteiger partial charge is 0.497 e. The molecule has 34 heavy (non-hydrogen) atoms. The van der Waals surface area contributed by atoms with Gasteiger partial charge in [0.05, 0.1) is 13.2 Å². The van der Waals surface area contributed by atoms with Crippen LogP contribution in [-0.2, 0) is 9.47 Å². The number of rotatable bonds is 5. The van der Waals surface area contributed by atoms with Crippen LogP contribution in [0.15, 0.2) is 30.3 Å². The van der Waals surface area contributed by atoms with Gasteiger partial charge in [0.15, 0.2) is 0 Å². The van der Waals surface area contributed by atoms with Crippen molar-refractivity contribution >= 4 is 0 Å². The number of hydrogen-bond donors (Lipinski definition) is 0. The van der Waals surface area contributed by atoms with Gasteiger partial charge in [-0.3, -0.25) is 0 Å². The third kappa shape index (κ3) is 52.6. The zero-order valence-corrected chi connectivity index (χ0v) is 26.3. The topological polar surface area (TPSA) is 37.4 Å². The Balaban J connectivity index is -0.000000102. The van der Waals surface area contributed by atoms with E-state index >= 15 is 0 Å². The summed E-state index contributed by atoms with van der Waals surface area (Å²) in [6.07, 6.45) is 0.384. The van der Waals surface area contributed by atoms with Gasteiger partial charge in [-0.05, 0) is 110 Å². The van der Waals surface area contributed by atoms with Crippen molar-refractivity contribution in [2.24, 2.45) is 0 Å². The first kappa shape index (κ1) is 42.9. The number of methoxy groups -OCH3 is 3. The second kappa shape index (κ2) is 31.8. The molecule has 1 rings (SSSR count). The van der Waals surface area contributed by atoms with Gasteiger partial charge in [0, 0.05) is 39.5 Å². The third-order valence-corrected chi connectivity index (χ3v) is 4.11. The number of benzene rings is 1. The van der Waals surface area contributed by atoms with Gasteiger partial charge in [-0.15, -0.1) is 0 Å². The van der Waals surface area contributed by atoms with E-state index in [4.69, 9.17) is 9.47 Å². The van der Waals surface area contributed by atoms with E-state index in [0.29, 0.717) is 24.2 Å². The highest BCUT2D eigenvalue weighted by atomic mass is 16.5. The van der Waals surface area contributed by atoms with Crippen LogP contribution in [0.1, 0.15) is 55.4 Å². The van der Waals surface area contributed by atoms with Crippen LogP contribution in [0.5, 0.6) is 5.75 Å². The maximum absolute atomic E-state index is 4.91. The summed E-state index contributed by atoms with van der Waals surface area (Å²) in [6, 6.07) is 11.7. The van der Waals surface area contributed by atoms with Gasteiger partial charge >= 0.3 is 0 Å². The molecule has 0 unspecified atom stereocenters. The molecule has 0 aliphatic carbocycles. The molecule has 0 aliphatic rings. The molecule has 0 spiro atoms. The Hall–Kier alpha value is -1.18. The van der Waals surface area contributed by atoms with Crippen LogP contribution in [0.3, 0.4) is 0 Å². The minimum atomic E-state index is 0.384. The SMILES string of the molecule is CC(C)N(C)C.CC(C)N(C)C(C)C.CN(C)C.COC.COC(C)C.COc1ccccc1. The maximum Gasteiger partial charge on any atom is 0.118 e. The normalized spacial score (nSPS) is 9.79. The summed E-state index contributed by atoms with van der Waals surface area (Å²) in [7, 11) is 18.9. The highest BCUT2D eigenvalue weighted by Gasteiger charge is 2.04. The first-order chi connectivity index (χ1) is 15.5. The van der Waals surface area contributed by atoms with Gasteiger partial charge in [-0.25, -0.2) is 0 Å². The maximum atomic E-state index is 4.91. The molecule has 0 aromatic heterocycles. The number of hydrogen-bond acceptors (Lipinski definition) is 6. The van der Waals surface area contributed by atoms with Crippen LogP contribution >= 0.6 is 0 Å². The van der Waals surface area contributed by atoms with Crippen molar-refractivity contribution in [1.82, 2.24) is 14.7 Å². The third-order valence-electron chi connectivity index (χ3n) is 4.11. The van der Waals surface area contributed by atoms with Gasteiger partial charge in [-0.1, -0.05) is 18.2 Å². The Labute approximate surface area is 215 Å². The molecular weight excluding hydrogens is 426 g/mol. The van der Waals surface area contributed by atoms with E-state index in [9.17, 15) is 0 Å². The molecule has 0 aliphatic heterocycles. The standard InChI is InChI=1S/C7H17N.C7H8O.C5H13N.C4H10O.C3H9N.C2H6O/c1-6(2)8(5)7(3)4;1-8-7-5-3-2-4-6-7;1-5(2)6(3)4;1-4(2)5-3;1-4(2)3;1-3-2/h6-7H,1-5H3;2-6H,1H3;5H,1-4H3;4H,1-3H3;1-3H3;1-2H3.